The third kappa shape index (κ3) is 2.56. The monoisotopic (exact) mass is 354 g/mol. The number of halogens is 6. The average Bonchev–Trinajstić information content (AvgIpc) is 2.87. The van der Waals surface area contributed by atoms with Gasteiger partial charge in [-0.1, -0.05) is 46.4 Å². The summed E-state index contributed by atoms with van der Waals surface area (Å²) < 4.78 is -1.53. The first-order valence-electron chi connectivity index (χ1n) is 5.52. The van der Waals surface area contributed by atoms with Crippen LogP contribution in [0.3, 0.4) is 0 Å². The fourth-order valence-corrected chi connectivity index (χ4v) is 4.32. The lowest BCUT2D eigenvalue weighted by atomic mass is 9.83. The number of hydrogen-bond acceptors (Lipinski definition) is 0. The lowest BCUT2D eigenvalue weighted by molar-refractivity contribution is 0.373. The number of rotatable bonds is 3. The molecule has 0 amide bonds. The van der Waals surface area contributed by atoms with Gasteiger partial charge in [-0.2, -0.15) is 0 Å². The maximum absolute atomic E-state index is 6.41. The van der Waals surface area contributed by atoms with E-state index in [4.69, 9.17) is 69.6 Å². The Kier molecular flexibility index (Phi) is 4.47. The molecule has 0 N–H and O–H groups in total. The second kappa shape index (κ2) is 5.11. The van der Waals surface area contributed by atoms with Gasteiger partial charge in [0.25, 0.3) is 0 Å². The zero-order chi connectivity index (χ0) is 12.8. The van der Waals surface area contributed by atoms with Gasteiger partial charge in [-0.25, -0.2) is 0 Å². The second-order valence-electron chi connectivity index (χ2n) is 4.98. The van der Waals surface area contributed by atoms with Crippen molar-refractivity contribution in [3.8, 4) is 0 Å². The van der Waals surface area contributed by atoms with E-state index in [2.05, 4.69) is 0 Å². The normalized spacial score (nSPS) is 34.4. The van der Waals surface area contributed by atoms with E-state index in [1.54, 1.807) is 0 Å². The van der Waals surface area contributed by atoms with Crippen LogP contribution < -0.4 is 0 Å². The van der Waals surface area contributed by atoms with Crippen LogP contribution in [0.5, 0.6) is 0 Å². The van der Waals surface area contributed by atoms with Crippen molar-refractivity contribution in [2.24, 2.45) is 11.3 Å². The van der Waals surface area contributed by atoms with E-state index in [9.17, 15) is 0 Å². The molecule has 2 fully saturated rings. The van der Waals surface area contributed by atoms with E-state index in [1.165, 1.54) is 12.8 Å². The van der Waals surface area contributed by atoms with Gasteiger partial charge in [-0.05, 0) is 38.0 Å². The number of alkyl halides is 4. The Labute approximate surface area is 132 Å². The Balaban J connectivity index is 2.32. The first-order valence-corrected chi connectivity index (χ1v) is 7.90. The van der Waals surface area contributed by atoms with E-state index >= 15 is 0 Å². The molecular formula is C11H12Cl6. The third-order valence-corrected chi connectivity index (χ3v) is 7.25. The molecule has 0 aromatic rings. The number of allylic oxidation sites excluding steroid dienone is 2. The minimum Gasteiger partial charge on any atom is -0.102 e. The molecule has 0 heterocycles. The van der Waals surface area contributed by atoms with Crippen LogP contribution in [-0.2, 0) is 0 Å². The summed E-state index contributed by atoms with van der Waals surface area (Å²) in [6.45, 7) is 0. The smallest absolute Gasteiger partial charge is 0.102 e. The maximum atomic E-state index is 6.41. The predicted octanol–water partition coefficient (Wildman–Crippen LogP) is 6.23. The molecule has 17 heavy (non-hydrogen) atoms. The van der Waals surface area contributed by atoms with Crippen molar-refractivity contribution in [2.45, 2.75) is 41.3 Å². The maximum Gasteiger partial charge on any atom is 0.184 e. The largest absolute Gasteiger partial charge is 0.184 e. The fourth-order valence-electron chi connectivity index (χ4n) is 2.98. The molecule has 2 aliphatic carbocycles. The van der Waals surface area contributed by atoms with Crippen LogP contribution in [0.15, 0.2) is 10.1 Å². The van der Waals surface area contributed by atoms with Gasteiger partial charge in [0, 0.05) is 10.4 Å². The van der Waals surface area contributed by atoms with Crippen LogP contribution in [0.2, 0.25) is 0 Å². The third-order valence-electron chi connectivity index (χ3n) is 3.97. The Morgan fingerprint density at radius 1 is 1.12 bits per heavy atom. The Hall–Kier alpha value is 1.48. The highest BCUT2D eigenvalue weighted by atomic mass is 35.5. The highest BCUT2D eigenvalue weighted by Gasteiger charge is 2.50. The van der Waals surface area contributed by atoms with Gasteiger partial charge < -0.3 is 0 Å². The number of hydrogen-bond donors (Lipinski definition) is 0. The summed E-state index contributed by atoms with van der Waals surface area (Å²) in [5, 5.41) is 0.732. The van der Waals surface area contributed by atoms with Gasteiger partial charge in [0.2, 0.25) is 0 Å². The minimum atomic E-state index is -1.53. The van der Waals surface area contributed by atoms with Gasteiger partial charge in [-0.15, -0.1) is 23.2 Å². The first-order chi connectivity index (χ1) is 7.79. The molecule has 0 aromatic carbocycles. The van der Waals surface area contributed by atoms with Crippen molar-refractivity contribution >= 4 is 69.6 Å². The summed E-state index contributed by atoms with van der Waals surface area (Å²) in [5.41, 5.74) is -0.0407. The van der Waals surface area contributed by atoms with Crippen LogP contribution in [0.25, 0.3) is 0 Å². The van der Waals surface area contributed by atoms with Crippen LogP contribution in [0, 0.1) is 11.3 Å². The molecule has 98 valence electrons. The summed E-state index contributed by atoms with van der Waals surface area (Å²) in [7, 11) is 0. The molecule has 0 nitrogen and oxygen atoms in total. The minimum absolute atomic E-state index is 0.0407. The van der Waals surface area contributed by atoms with Gasteiger partial charge in [0.15, 0.2) is 4.33 Å². The molecule has 0 aromatic heterocycles. The van der Waals surface area contributed by atoms with Crippen molar-refractivity contribution in [2.75, 3.05) is 0 Å². The van der Waals surface area contributed by atoms with E-state index in [-0.39, 0.29) is 10.4 Å². The molecule has 0 aliphatic heterocycles. The molecule has 2 saturated carbocycles. The molecule has 2 bridgehead atoms. The van der Waals surface area contributed by atoms with Crippen LogP contribution in [0.4, 0.5) is 0 Å². The van der Waals surface area contributed by atoms with Gasteiger partial charge in [-0.3, -0.25) is 0 Å². The van der Waals surface area contributed by atoms with Crippen molar-refractivity contribution in [3.05, 3.63) is 10.1 Å². The average molecular weight is 357 g/mol. The Morgan fingerprint density at radius 3 is 2.00 bits per heavy atom. The van der Waals surface area contributed by atoms with Crippen molar-refractivity contribution in [1.29, 1.82) is 0 Å². The zero-order valence-corrected chi connectivity index (χ0v) is 13.5. The summed E-state index contributed by atoms with van der Waals surface area (Å²) in [5.74, 6) is 0.760. The van der Waals surface area contributed by atoms with E-state index < -0.39 is 9.17 Å². The zero-order valence-electron chi connectivity index (χ0n) is 8.96. The van der Waals surface area contributed by atoms with Crippen molar-refractivity contribution in [1.82, 2.24) is 0 Å². The lowest BCUT2D eigenvalue weighted by Crippen LogP contribution is -2.26. The van der Waals surface area contributed by atoms with E-state index in [0.717, 1.165) is 25.2 Å². The van der Waals surface area contributed by atoms with Crippen LogP contribution in [-0.4, -0.2) is 9.17 Å². The van der Waals surface area contributed by atoms with E-state index in [1.807, 2.05) is 0 Å². The molecule has 0 radical (unpaired) electrons. The summed E-state index contributed by atoms with van der Waals surface area (Å²) in [4.78, 5) is -1.01. The second-order valence-corrected chi connectivity index (χ2v) is 8.22. The molecule has 0 spiro atoms. The Morgan fingerprint density at radius 2 is 1.65 bits per heavy atom. The highest BCUT2D eigenvalue weighted by Crippen LogP contribution is 2.61. The summed E-state index contributed by atoms with van der Waals surface area (Å²) >= 11 is 36.2. The van der Waals surface area contributed by atoms with Gasteiger partial charge >= 0.3 is 0 Å². The van der Waals surface area contributed by atoms with Gasteiger partial charge in [0.1, 0.15) is 4.84 Å². The first kappa shape index (κ1) is 14.9. The highest BCUT2D eigenvalue weighted by molar-refractivity contribution is 6.65. The molecule has 0 unspecified atom stereocenters. The molecule has 0 saturated heterocycles. The van der Waals surface area contributed by atoms with E-state index in [0.29, 0.717) is 5.03 Å². The molecule has 0 atom stereocenters. The van der Waals surface area contributed by atoms with Crippen molar-refractivity contribution in [3.63, 3.8) is 0 Å². The summed E-state index contributed by atoms with van der Waals surface area (Å²) in [6, 6.07) is 0. The topological polar surface area (TPSA) is 0 Å². The molecular weight excluding hydrogens is 345 g/mol. The van der Waals surface area contributed by atoms with Crippen LogP contribution in [0.1, 0.15) is 32.1 Å². The predicted molar refractivity (Wildman–Crippen MR) is 77.7 cm³/mol. The fraction of sp³-hybridized carbons (Fsp3) is 0.818. The van der Waals surface area contributed by atoms with Crippen LogP contribution >= 0.6 is 69.6 Å². The Bertz CT molecular complexity index is 338. The quantitative estimate of drug-likeness (QED) is 0.525. The molecule has 2 rings (SSSR count). The standard InChI is InChI=1S/C11H12Cl6/c12-7(8(13)11(16,17)9(14)15)10-3-1-6(5-10)2-4-10/h6,9H,1-5H2. The SMILES string of the molecule is ClC(=C(Cl)C(Cl)(Cl)C(Cl)Cl)C12CCC(CC1)C2. The molecule has 6 heteroatoms. The lowest BCUT2D eigenvalue weighted by Gasteiger charge is -2.30. The van der Waals surface area contributed by atoms with Crippen molar-refractivity contribution < 1.29 is 0 Å². The summed E-state index contributed by atoms with van der Waals surface area (Å²) in [6.07, 6.45) is 5.56. The number of fused-ring (bicyclic) bond motifs is 2. The van der Waals surface area contributed by atoms with Gasteiger partial charge in [0.05, 0.1) is 5.03 Å². The molecule has 2 aliphatic rings.